The Kier molecular flexibility index (Phi) is 54.8. The summed E-state index contributed by atoms with van der Waals surface area (Å²) in [5.74, 6) is -0.882. The minimum Gasteiger partial charge on any atom is -0.462 e. The smallest absolute Gasteiger partial charge is 0.306 e. The van der Waals surface area contributed by atoms with Gasteiger partial charge in [0.15, 0.2) is 6.10 Å². The molecule has 6 heteroatoms. The van der Waals surface area contributed by atoms with Crippen LogP contribution >= 0.6 is 0 Å². The summed E-state index contributed by atoms with van der Waals surface area (Å²) in [6, 6.07) is 0. The monoisotopic (exact) mass is 963 g/mol. The van der Waals surface area contributed by atoms with Crippen LogP contribution in [0.5, 0.6) is 0 Å². The van der Waals surface area contributed by atoms with E-state index in [-0.39, 0.29) is 31.1 Å². The number of esters is 3. The van der Waals surface area contributed by atoms with Crippen LogP contribution in [-0.4, -0.2) is 37.2 Å². The largest absolute Gasteiger partial charge is 0.462 e. The molecular weight excluding hydrogens is 853 g/mol. The van der Waals surface area contributed by atoms with Gasteiger partial charge < -0.3 is 14.2 Å². The molecule has 0 aromatic heterocycles. The first-order valence-corrected chi connectivity index (χ1v) is 29.4. The zero-order chi connectivity index (χ0) is 50.0. The Bertz CT molecular complexity index is 1290. The second-order valence-corrected chi connectivity index (χ2v) is 19.5. The summed E-state index contributed by atoms with van der Waals surface area (Å²) < 4.78 is 16.9. The molecule has 1 atom stereocenters. The van der Waals surface area contributed by atoms with Crippen LogP contribution in [0.4, 0.5) is 0 Å². The molecule has 0 aromatic carbocycles. The van der Waals surface area contributed by atoms with Gasteiger partial charge >= 0.3 is 17.9 Å². The summed E-state index contributed by atoms with van der Waals surface area (Å²) in [4.78, 5) is 38.1. The molecule has 0 radical (unpaired) electrons. The SMILES string of the molecule is CC/C=C\C/C=C\C/C=C\C/C=C\CCCCCCCCCCCCC(=O)OCC(COC(=O)CCCCCCCCCCCC)OC(=O)CCCCCCCCC/C=C\C/C=C\CCCCCC. The van der Waals surface area contributed by atoms with Crippen molar-refractivity contribution in [3.05, 3.63) is 72.9 Å². The van der Waals surface area contributed by atoms with Crippen LogP contribution in [0.1, 0.15) is 290 Å². The number of carbonyl (C=O) groups is 3. The fourth-order valence-electron chi connectivity index (χ4n) is 8.29. The zero-order valence-corrected chi connectivity index (χ0v) is 45.6. The van der Waals surface area contributed by atoms with Gasteiger partial charge in [-0.2, -0.15) is 0 Å². The Hall–Kier alpha value is -3.15. The standard InChI is InChI=1S/C63H110O6/c1-4-7-10-13-16-19-22-24-26-28-30-31-32-33-34-36-37-39-41-44-47-50-53-56-62(65)68-59-60(58-67-61(64)55-52-49-46-43-21-18-15-12-9-6-3)69-63(66)57-54-51-48-45-42-40-38-35-29-27-25-23-20-17-14-11-8-5-2/h7,10,16,19-20,23-24,26-27,29-31,60H,4-6,8-9,11-15,17-18,21-22,25,28,32-59H2,1-3H3/b10-7-,19-16-,23-20-,26-24-,29-27-,31-30-. The van der Waals surface area contributed by atoms with Crippen LogP contribution in [0.3, 0.4) is 0 Å². The van der Waals surface area contributed by atoms with Gasteiger partial charge in [-0.15, -0.1) is 0 Å². The van der Waals surface area contributed by atoms with E-state index >= 15 is 0 Å². The van der Waals surface area contributed by atoms with E-state index in [4.69, 9.17) is 14.2 Å². The summed E-state index contributed by atoms with van der Waals surface area (Å²) in [7, 11) is 0. The Labute approximate surface area is 427 Å². The van der Waals surface area contributed by atoms with Crippen molar-refractivity contribution in [3.63, 3.8) is 0 Å². The van der Waals surface area contributed by atoms with Crippen LogP contribution in [0.25, 0.3) is 0 Å². The Morgan fingerprint density at radius 1 is 0.304 bits per heavy atom. The first-order valence-electron chi connectivity index (χ1n) is 29.4. The second kappa shape index (κ2) is 57.4. The van der Waals surface area contributed by atoms with E-state index in [1.54, 1.807) is 0 Å². The molecule has 0 N–H and O–H groups in total. The van der Waals surface area contributed by atoms with Crippen LogP contribution < -0.4 is 0 Å². The zero-order valence-electron chi connectivity index (χ0n) is 45.6. The summed E-state index contributed by atoms with van der Waals surface area (Å²) in [5.41, 5.74) is 0. The van der Waals surface area contributed by atoms with Gasteiger partial charge in [-0.1, -0.05) is 254 Å². The first kappa shape index (κ1) is 65.8. The predicted molar refractivity (Wildman–Crippen MR) is 298 cm³/mol. The number of ether oxygens (including phenoxy) is 3. The van der Waals surface area contributed by atoms with E-state index < -0.39 is 6.10 Å². The van der Waals surface area contributed by atoms with Crippen molar-refractivity contribution in [1.29, 1.82) is 0 Å². The molecule has 0 aromatic rings. The lowest BCUT2D eigenvalue weighted by atomic mass is 10.1. The average Bonchev–Trinajstić information content (AvgIpc) is 3.35. The van der Waals surface area contributed by atoms with E-state index in [0.29, 0.717) is 19.3 Å². The van der Waals surface area contributed by atoms with E-state index in [1.165, 1.54) is 154 Å². The molecule has 398 valence electrons. The Morgan fingerprint density at radius 2 is 0.565 bits per heavy atom. The molecule has 0 aliphatic rings. The van der Waals surface area contributed by atoms with E-state index in [0.717, 1.165) is 96.3 Å². The number of rotatable bonds is 53. The lowest BCUT2D eigenvalue weighted by Gasteiger charge is -2.18. The fourth-order valence-corrected chi connectivity index (χ4v) is 8.29. The van der Waals surface area contributed by atoms with E-state index in [1.807, 2.05) is 0 Å². The summed E-state index contributed by atoms with van der Waals surface area (Å²) in [5, 5.41) is 0. The molecule has 0 fully saturated rings. The molecule has 0 spiro atoms. The highest BCUT2D eigenvalue weighted by Gasteiger charge is 2.19. The van der Waals surface area contributed by atoms with Gasteiger partial charge in [0.1, 0.15) is 13.2 Å². The summed E-state index contributed by atoms with van der Waals surface area (Å²) in [6.07, 6.45) is 73.2. The molecule has 0 saturated heterocycles. The average molecular weight is 964 g/mol. The molecule has 0 aliphatic carbocycles. The third kappa shape index (κ3) is 55.6. The van der Waals surface area contributed by atoms with Crippen molar-refractivity contribution in [2.24, 2.45) is 0 Å². The van der Waals surface area contributed by atoms with Gasteiger partial charge in [0.05, 0.1) is 0 Å². The maximum absolute atomic E-state index is 12.8. The molecule has 0 rings (SSSR count). The number of hydrogen-bond acceptors (Lipinski definition) is 6. The van der Waals surface area contributed by atoms with E-state index in [2.05, 4.69) is 93.7 Å². The van der Waals surface area contributed by atoms with Crippen molar-refractivity contribution in [2.75, 3.05) is 13.2 Å². The first-order chi connectivity index (χ1) is 34.0. The lowest BCUT2D eigenvalue weighted by Crippen LogP contribution is -2.30. The minimum absolute atomic E-state index is 0.0775. The molecule has 0 bridgehead atoms. The van der Waals surface area contributed by atoms with Crippen molar-refractivity contribution in [3.8, 4) is 0 Å². The van der Waals surface area contributed by atoms with Crippen LogP contribution in [0.15, 0.2) is 72.9 Å². The van der Waals surface area contributed by atoms with Gasteiger partial charge in [0.2, 0.25) is 0 Å². The summed E-state index contributed by atoms with van der Waals surface area (Å²) >= 11 is 0. The fraction of sp³-hybridized carbons (Fsp3) is 0.762. The van der Waals surface area contributed by atoms with Gasteiger partial charge in [-0.3, -0.25) is 14.4 Å². The number of carbonyl (C=O) groups excluding carboxylic acids is 3. The molecule has 6 nitrogen and oxygen atoms in total. The maximum Gasteiger partial charge on any atom is 0.306 e. The van der Waals surface area contributed by atoms with Crippen molar-refractivity contribution < 1.29 is 28.6 Å². The van der Waals surface area contributed by atoms with Gasteiger partial charge in [-0.05, 0) is 89.9 Å². The molecule has 1 unspecified atom stereocenters. The molecular formula is C63H110O6. The quantitative estimate of drug-likeness (QED) is 0.0262. The highest BCUT2D eigenvalue weighted by Crippen LogP contribution is 2.16. The molecule has 0 amide bonds. The highest BCUT2D eigenvalue weighted by atomic mass is 16.6. The maximum atomic E-state index is 12.8. The molecule has 0 heterocycles. The second-order valence-electron chi connectivity index (χ2n) is 19.5. The van der Waals surface area contributed by atoms with Crippen LogP contribution in [0.2, 0.25) is 0 Å². The number of hydrogen-bond donors (Lipinski definition) is 0. The van der Waals surface area contributed by atoms with Gasteiger partial charge in [-0.25, -0.2) is 0 Å². The van der Waals surface area contributed by atoms with Gasteiger partial charge in [0, 0.05) is 19.3 Å². The van der Waals surface area contributed by atoms with Crippen molar-refractivity contribution in [2.45, 2.75) is 297 Å². The highest BCUT2D eigenvalue weighted by molar-refractivity contribution is 5.71. The Balaban J connectivity index is 4.29. The van der Waals surface area contributed by atoms with Gasteiger partial charge in [0.25, 0.3) is 0 Å². The van der Waals surface area contributed by atoms with E-state index in [9.17, 15) is 14.4 Å². The number of unbranched alkanes of at least 4 members (excludes halogenated alkanes) is 30. The number of allylic oxidation sites excluding steroid dienone is 12. The Morgan fingerprint density at radius 3 is 0.899 bits per heavy atom. The third-order valence-electron chi connectivity index (χ3n) is 12.7. The van der Waals surface area contributed by atoms with Crippen molar-refractivity contribution in [1.82, 2.24) is 0 Å². The lowest BCUT2D eigenvalue weighted by molar-refractivity contribution is -0.167. The normalized spacial score (nSPS) is 12.6. The minimum atomic E-state index is -0.779. The molecule has 0 aliphatic heterocycles. The summed E-state index contributed by atoms with van der Waals surface area (Å²) in [6.45, 7) is 6.51. The molecule has 0 saturated carbocycles. The van der Waals surface area contributed by atoms with Crippen molar-refractivity contribution >= 4 is 17.9 Å². The third-order valence-corrected chi connectivity index (χ3v) is 12.7. The molecule has 69 heavy (non-hydrogen) atoms. The predicted octanol–water partition coefficient (Wildman–Crippen LogP) is 19.8. The van der Waals surface area contributed by atoms with Crippen LogP contribution in [0, 0.1) is 0 Å². The van der Waals surface area contributed by atoms with Crippen LogP contribution in [-0.2, 0) is 28.6 Å². The topological polar surface area (TPSA) is 78.9 Å².